The number of hydrogen-bond donors (Lipinski definition) is 0. The predicted molar refractivity (Wildman–Crippen MR) is 98.1 cm³/mol. The van der Waals surface area contributed by atoms with Crippen molar-refractivity contribution in [3.05, 3.63) is 96.1 Å². The van der Waals surface area contributed by atoms with E-state index in [9.17, 15) is 4.79 Å². The highest BCUT2D eigenvalue weighted by molar-refractivity contribution is 5.89. The zero-order chi connectivity index (χ0) is 16.8. The number of rotatable bonds is 6. The van der Waals surface area contributed by atoms with E-state index in [2.05, 4.69) is 6.58 Å². The molecule has 0 fully saturated rings. The lowest BCUT2D eigenvalue weighted by Crippen LogP contribution is -1.99. The molecule has 0 heterocycles. The summed E-state index contributed by atoms with van der Waals surface area (Å²) in [6, 6.07) is 23.3. The fourth-order valence-electron chi connectivity index (χ4n) is 2.68. The van der Waals surface area contributed by atoms with Crippen molar-refractivity contribution < 1.29 is 9.53 Å². The van der Waals surface area contributed by atoms with Crippen LogP contribution in [0.25, 0.3) is 17.2 Å². The molecule has 0 saturated carbocycles. The summed E-state index contributed by atoms with van der Waals surface area (Å²) in [6.07, 6.45) is 2.70. The van der Waals surface area contributed by atoms with Crippen molar-refractivity contribution in [3.63, 3.8) is 0 Å². The molecule has 3 aromatic rings. The van der Waals surface area contributed by atoms with Gasteiger partial charge in [0.1, 0.15) is 12.4 Å². The summed E-state index contributed by atoms with van der Waals surface area (Å²) >= 11 is 0. The average Bonchev–Trinajstić information content (AvgIpc) is 2.66. The van der Waals surface area contributed by atoms with E-state index >= 15 is 0 Å². The maximum Gasteiger partial charge on any atom is 0.150 e. The number of benzene rings is 3. The third kappa shape index (κ3) is 3.28. The fourth-order valence-corrected chi connectivity index (χ4v) is 2.68. The summed E-state index contributed by atoms with van der Waals surface area (Å²) in [4.78, 5) is 11.3. The Labute approximate surface area is 142 Å². The molecule has 0 unspecified atom stereocenters. The number of carbonyl (C=O) groups excluding carboxylic acids is 1. The van der Waals surface area contributed by atoms with Gasteiger partial charge in [0.15, 0.2) is 6.29 Å². The molecule has 0 aliphatic rings. The summed E-state index contributed by atoms with van der Waals surface area (Å²) in [5.41, 5.74) is 4.57. The summed E-state index contributed by atoms with van der Waals surface area (Å²) in [5.74, 6) is 0.755. The topological polar surface area (TPSA) is 26.3 Å². The molecule has 0 atom stereocenters. The standard InChI is InChI=1S/C22H18O2/c1-2-17-9-3-4-11-19(17)16-24-22-14-8-7-13-21(22)20-12-6-5-10-18(20)15-23/h2-15H,1,16H2. The van der Waals surface area contributed by atoms with E-state index < -0.39 is 0 Å². The molecule has 0 spiro atoms. The third-order valence-electron chi connectivity index (χ3n) is 3.92. The highest BCUT2D eigenvalue weighted by Gasteiger charge is 2.10. The molecule has 0 bridgehead atoms. The molecule has 0 aromatic heterocycles. The first kappa shape index (κ1) is 15.8. The molecule has 0 aliphatic carbocycles. The molecule has 3 aromatic carbocycles. The maximum atomic E-state index is 11.3. The minimum absolute atomic E-state index is 0.447. The first-order chi connectivity index (χ1) is 11.8. The second-order valence-corrected chi connectivity index (χ2v) is 5.39. The molecule has 3 rings (SSSR count). The minimum atomic E-state index is 0.447. The Morgan fingerprint density at radius 3 is 2.17 bits per heavy atom. The SMILES string of the molecule is C=Cc1ccccc1COc1ccccc1-c1ccccc1C=O. The summed E-state index contributed by atoms with van der Waals surface area (Å²) in [5, 5.41) is 0. The summed E-state index contributed by atoms with van der Waals surface area (Å²) in [6.45, 7) is 4.29. The van der Waals surface area contributed by atoms with Gasteiger partial charge in [-0.15, -0.1) is 0 Å². The number of ether oxygens (including phenoxy) is 1. The number of para-hydroxylation sites is 1. The van der Waals surface area contributed by atoms with E-state index in [1.54, 1.807) is 0 Å². The number of aldehydes is 1. The van der Waals surface area contributed by atoms with Crippen molar-refractivity contribution >= 4 is 12.4 Å². The quantitative estimate of drug-likeness (QED) is 0.570. The van der Waals surface area contributed by atoms with E-state index in [1.807, 2.05) is 78.9 Å². The van der Waals surface area contributed by atoms with Gasteiger partial charge >= 0.3 is 0 Å². The monoisotopic (exact) mass is 314 g/mol. The first-order valence-corrected chi connectivity index (χ1v) is 7.80. The molecule has 0 saturated heterocycles. The second kappa shape index (κ2) is 7.42. The van der Waals surface area contributed by atoms with Crippen LogP contribution in [0.5, 0.6) is 5.75 Å². The van der Waals surface area contributed by atoms with Gasteiger partial charge in [0.25, 0.3) is 0 Å². The van der Waals surface area contributed by atoms with Crippen molar-refractivity contribution in [2.45, 2.75) is 6.61 Å². The Bertz CT molecular complexity index is 865. The van der Waals surface area contributed by atoms with Crippen LogP contribution in [-0.2, 0) is 6.61 Å². The van der Waals surface area contributed by atoms with Gasteiger partial charge in [0, 0.05) is 11.1 Å². The highest BCUT2D eigenvalue weighted by atomic mass is 16.5. The van der Waals surface area contributed by atoms with Gasteiger partial charge in [-0.25, -0.2) is 0 Å². The van der Waals surface area contributed by atoms with E-state index in [4.69, 9.17) is 4.74 Å². The summed E-state index contributed by atoms with van der Waals surface area (Å²) < 4.78 is 6.06. The van der Waals surface area contributed by atoms with Crippen LogP contribution < -0.4 is 4.74 Å². The van der Waals surface area contributed by atoms with Gasteiger partial charge in [-0.3, -0.25) is 4.79 Å². The zero-order valence-corrected chi connectivity index (χ0v) is 13.3. The molecule has 0 N–H and O–H groups in total. The van der Waals surface area contributed by atoms with Crippen LogP contribution in [0.4, 0.5) is 0 Å². The van der Waals surface area contributed by atoms with E-state index in [0.717, 1.165) is 34.3 Å². The largest absolute Gasteiger partial charge is 0.488 e. The van der Waals surface area contributed by atoms with Crippen LogP contribution in [0.1, 0.15) is 21.5 Å². The van der Waals surface area contributed by atoms with Gasteiger partial charge in [-0.2, -0.15) is 0 Å². The lowest BCUT2D eigenvalue weighted by Gasteiger charge is -2.14. The smallest absolute Gasteiger partial charge is 0.150 e. The van der Waals surface area contributed by atoms with E-state index in [-0.39, 0.29) is 0 Å². The Kier molecular flexibility index (Phi) is 4.87. The van der Waals surface area contributed by atoms with Gasteiger partial charge in [-0.05, 0) is 22.8 Å². The van der Waals surface area contributed by atoms with Crippen molar-refractivity contribution in [2.75, 3.05) is 0 Å². The molecule has 2 nitrogen and oxygen atoms in total. The van der Waals surface area contributed by atoms with Crippen LogP contribution in [0, 0.1) is 0 Å². The number of hydrogen-bond acceptors (Lipinski definition) is 2. The summed E-state index contributed by atoms with van der Waals surface area (Å²) in [7, 11) is 0. The highest BCUT2D eigenvalue weighted by Crippen LogP contribution is 2.32. The van der Waals surface area contributed by atoms with Gasteiger partial charge < -0.3 is 4.74 Å². The van der Waals surface area contributed by atoms with E-state index in [1.165, 1.54) is 0 Å². The van der Waals surface area contributed by atoms with E-state index in [0.29, 0.717) is 12.2 Å². The van der Waals surface area contributed by atoms with Crippen molar-refractivity contribution in [1.29, 1.82) is 0 Å². The molecule has 24 heavy (non-hydrogen) atoms. The fraction of sp³-hybridized carbons (Fsp3) is 0.0455. The van der Waals surface area contributed by atoms with Crippen LogP contribution in [0.15, 0.2) is 79.4 Å². The zero-order valence-electron chi connectivity index (χ0n) is 13.3. The predicted octanol–water partition coefficient (Wildman–Crippen LogP) is 5.39. The van der Waals surface area contributed by atoms with Crippen LogP contribution in [0.2, 0.25) is 0 Å². The first-order valence-electron chi connectivity index (χ1n) is 7.80. The molecule has 2 heteroatoms. The Balaban J connectivity index is 1.93. The van der Waals surface area contributed by atoms with Crippen molar-refractivity contribution in [1.82, 2.24) is 0 Å². The van der Waals surface area contributed by atoms with Crippen molar-refractivity contribution in [2.24, 2.45) is 0 Å². The van der Waals surface area contributed by atoms with Gasteiger partial charge in [0.05, 0.1) is 0 Å². The van der Waals surface area contributed by atoms with Crippen LogP contribution in [-0.4, -0.2) is 6.29 Å². The second-order valence-electron chi connectivity index (χ2n) is 5.39. The van der Waals surface area contributed by atoms with Crippen molar-refractivity contribution in [3.8, 4) is 16.9 Å². The molecule has 0 amide bonds. The Morgan fingerprint density at radius 2 is 1.42 bits per heavy atom. The lowest BCUT2D eigenvalue weighted by atomic mass is 9.99. The Hall–Kier alpha value is -3.13. The van der Waals surface area contributed by atoms with Gasteiger partial charge in [0.2, 0.25) is 0 Å². The molecular weight excluding hydrogens is 296 g/mol. The van der Waals surface area contributed by atoms with Crippen LogP contribution in [0.3, 0.4) is 0 Å². The minimum Gasteiger partial charge on any atom is -0.488 e. The lowest BCUT2D eigenvalue weighted by molar-refractivity contribution is 0.112. The Morgan fingerprint density at radius 1 is 0.792 bits per heavy atom. The normalized spacial score (nSPS) is 10.2. The molecule has 118 valence electrons. The van der Waals surface area contributed by atoms with Crippen LogP contribution >= 0.6 is 0 Å². The molecule has 0 radical (unpaired) electrons. The number of carbonyl (C=O) groups is 1. The van der Waals surface area contributed by atoms with Gasteiger partial charge in [-0.1, -0.05) is 79.4 Å². The molecular formula is C22H18O2. The molecule has 0 aliphatic heterocycles. The third-order valence-corrected chi connectivity index (χ3v) is 3.92. The maximum absolute atomic E-state index is 11.3. The average molecular weight is 314 g/mol.